The summed E-state index contributed by atoms with van der Waals surface area (Å²) in [5.74, 6) is 0.906. The summed E-state index contributed by atoms with van der Waals surface area (Å²) < 4.78 is 6.38. The molecule has 0 aliphatic carbocycles. The molecule has 3 aromatic rings. The number of rotatable bonds is 21. The van der Waals surface area contributed by atoms with Crippen LogP contribution in [-0.2, 0) is 4.87 Å². The summed E-state index contributed by atoms with van der Waals surface area (Å²) in [6.45, 7) is 7.26. The minimum absolute atomic E-state index is 0.682. The molecule has 3 aromatic carbocycles. The maximum atomic E-state index is 7.58. The molecule has 43 heavy (non-hydrogen) atoms. The van der Waals surface area contributed by atoms with Crippen LogP contribution in [0.1, 0.15) is 137 Å². The number of aryl methyl sites for hydroxylation is 1. The largest absolute Gasteiger partial charge is 0.493 e. The average molecular weight is 644 g/mol. The molecule has 0 spiro atoms. The molecule has 0 aliphatic heterocycles. The summed E-state index contributed by atoms with van der Waals surface area (Å²) in [5.41, 5.74) is 5.20. The van der Waals surface area contributed by atoms with Gasteiger partial charge in [0.1, 0.15) is 10.6 Å². The Hall–Kier alpha value is -1.67. The molecular weight excluding hydrogens is 591 g/mol. The molecule has 0 aromatic heterocycles. The van der Waals surface area contributed by atoms with Gasteiger partial charge in [-0.1, -0.05) is 157 Å². The van der Waals surface area contributed by atoms with E-state index < -0.39 is 4.87 Å². The number of hydrogen-bond acceptors (Lipinski definition) is 1. The Bertz CT molecular complexity index is 1140. The molecule has 0 aliphatic rings. The fourth-order valence-electron chi connectivity index (χ4n) is 5.87. The van der Waals surface area contributed by atoms with Crippen molar-refractivity contribution >= 4 is 34.8 Å². The van der Waals surface area contributed by atoms with Crippen LogP contribution in [0.5, 0.6) is 5.75 Å². The van der Waals surface area contributed by atoms with Gasteiger partial charge >= 0.3 is 0 Å². The molecule has 0 N–H and O–H groups in total. The fourth-order valence-corrected chi connectivity index (χ4v) is 6.48. The van der Waals surface area contributed by atoms with Crippen LogP contribution in [0, 0.1) is 13.8 Å². The number of hydrogen-bond donors (Lipinski definition) is 0. The molecule has 0 saturated carbocycles. The van der Waals surface area contributed by atoms with Crippen molar-refractivity contribution < 1.29 is 4.74 Å². The van der Waals surface area contributed by atoms with Crippen molar-refractivity contribution in [2.45, 2.75) is 128 Å². The quantitative estimate of drug-likeness (QED) is 0.0637. The van der Waals surface area contributed by atoms with E-state index in [2.05, 4.69) is 32.9 Å². The molecule has 0 atom stereocenters. The van der Waals surface area contributed by atoms with Crippen LogP contribution >= 0.6 is 34.8 Å². The molecule has 0 heterocycles. The summed E-state index contributed by atoms with van der Waals surface area (Å²) in [6.07, 6.45) is 21.8. The topological polar surface area (TPSA) is 9.23 Å². The van der Waals surface area contributed by atoms with E-state index in [0.717, 1.165) is 46.6 Å². The first-order chi connectivity index (χ1) is 20.9. The lowest BCUT2D eigenvalue weighted by atomic mass is 9.83. The van der Waals surface area contributed by atoms with Crippen molar-refractivity contribution in [2.24, 2.45) is 0 Å². The average Bonchev–Trinajstić information content (AvgIpc) is 3.01. The first kappa shape index (κ1) is 35.8. The van der Waals surface area contributed by atoms with Gasteiger partial charge in [0.05, 0.1) is 6.61 Å². The minimum Gasteiger partial charge on any atom is -0.493 e. The summed E-state index contributed by atoms with van der Waals surface area (Å²) in [7, 11) is 0. The van der Waals surface area contributed by atoms with Gasteiger partial charge in [-0.2, -0.15) is 0 Å². The third-order valence-electron chi connectivity index (χ3n) is 8.76. The zero-order chi connectivity index (χ0) is 30.9. The Morgan fingerprint density at radius 3 is 1.35 bits per heavy atom. The normalized spacial score (nSPS) is 11.7. The molecule has 4 heteroatoms. The van der Waals surface area contributed by atoms with Crippen LogP contribution in [0.2, 0.25) is 10.0 Å². The zero-order valence-corrected chi connectivity index (χ0v) is 29.1. The fraction of sp³-hybridized carbons (Fsp3) is 0.538. The second-order valence-corrected chi connectivity index (χ2v) is 13.7. The predicted octanol–water partition coefficient (Wildman–Crippen LogP) is 13.8. The monoisotopic (exact) mass is 642 g/mol. The first-order valence-corrected chi connectivity index (χ1v) is 17.9. The van der Waals surface area contributed by atoms with Crippen LogP contribution in [0.4, 0.5) is 0 Å². The second-order valence-electron chi connectivity index (χ2n) is 12.2. The van der Waals surface area contributed by atoms with Gasteiger partial charge in [0.15, 0.2) is 0 Å². The van der Waals surface area contributed by atoms with Crippen molar-refractivity contribution in [1.82, 2.24) is 0 Å². The summed E-state index contributed by atoms with van der Waals surface area (Å²) in [6, 6.07) is 19.8. The SMILES string of the molecule is CCCCCCCCCCCCCCCCCCOc1cc(C(Cl)(c2ccc(Cl)cc2)c2ccc(Cl)cc2)cc(C)c1C. The lowest BCUT2D eigenvalue weighted by Crippen LogP contribution is -2.23. The molecular formula is C39H53Cl3O. The third kappa shape index (κ3) is 11.6. The van der Waals surface area contributed by atoms with Crippen molar-refractivity contribution in [3.05, 3.63) is 98.5 Å². The van der Waals surface area contributed by atoms with Crippen LogP contribution in [0.25, 0.3) is 0 Å². The molecule has 1 nitrogen and oxygen atoms in total. The number of ether oxygens (including phenoxy) is 1. The van der Waals surface area contributed by atoms with Crippen molar-refractivity contribution in [1.29, 1.82) is 0 Å². The number of halogens is 3. The zero-order valence-electron chi connectivity index (χ0n) is 26.8. The lowest BCUT2D eigenvalue weighted by Gasteiger charge is -2.30. The van der Waals surface area contributed by atoms with Gasteiger partial charge in [-0.25, -0.2) is 0 Å². The van der Waals surface area contributed by atoms with Gasteiger partial charge in [0.2, 0.25) is 0 Å². The van der Waals surface area contributed by atoms with E-state index in [-0.39, 0.29) is 0 Å². The molecule has 3 rings (SSSR count). The van der Waals surface area contributed by atoms with Gasteiger partial charge in [0, 0.05) is 10.0 Å². The van der Waals surface area contributed by atoms with Crippen molar-refractivity contribution in [3.8, 4) is 5.75 Å². The second kappa shape index (κ2) is 19.7. The number of benzene rings is 3. The van der Waals surface area contributed by atoms with E-state index in [1.807, 2.05) is 48.5 Å². The summed E-state index contributed by atoms with van der Waals surface area (Å²) in [4.78, 5) is -0.903. The highest BCUT2D eigenvalue weighted by molar-refractivity contribution is 6.31. The molecule has 0 radical (unpaired) electrons. The Balaban J connectivity index is 1.45. The Kier molecular flexibility index (Phi) is 16.4. The molecule has 0 bridgehead atoms. The van der Waals surface area contributed by atoms with Gasteiger partial charge in [0.25, 0.3) is 0 Å². The van der Waals surface area contributed by atoms with Crippen LogP contribution in [0.15, 0.2) is 60.7 Å². The maximum Gasteiger partial charge on any atom is 0.122 e. The van der Waals surface area contributed by atoms with Gasteiger partial charge in [-0.3, -0.25) is 0 Å². The molecule has 0 saturated heterocycles. The highest BCUT2D eigenvalue weighted by Crippen LogP contribution is 2.45. The predicted molar refractivity (Wildman–Crippen MR) is 190 cm³/mol. The van der Waals surface area contributed by atoms with Gasteiger partial charge in [-0.05, 0) is 78.4 Å². The third-order valence-corrected chi connectivity index (χ3v) is 9.92. The highest BCUT2D eigenvalue weighted by Gasteiger charge is 2.35. The van der Waals surface area contributed by atoms with Gasteiger partial charge in [-0.15, -0.1) is 11.6 Å². The lowest BCUT2D eigenvalue weighted by molar-refractivity contribution is 0.301. The van der Waals surface area contributed by atoms with Gasteiger partial charge < -0.3 is 4.74 Å². The Labute approximate surface area is 277 Å². The highest BCUT2D eigenvalue weighted by atomic mass is 35.5. The van der Waals surface area contributed by atoms with Crippen LogP contribution < -0.4 is 4.74 Å². The van der Waals surface area contributed by atoms with Crippen LogP contribution in [-0.4, -0.2) is 6.61 Å². The smallest absolute Gasteiger partial charge is 0.122 e. The summed E-state index contributed by atoms with van der Waals surface area (Å²) >= 11 is 20.0. The molecule has 236 valence electrons. The maximum absolute atomic E-state index is 7.58. The van der Waals surface area contributed by atoms with E-state index >= 15 is 0 Å². The van der Waals surface area contributed by atoms with E-state index in [1.165, 1.54) is 96.3 Å². The number of unbranched alkanes of at least 4 members (excludes halogenated alkanes) is 15. The first-order valence-electron chi connectivity index (χ1n) is 16.8. The Morgan fingerprint density at radius 1 is 0.535 bits per heavy atom. The Morgan fingerprint density at radius 2 is 0.930 bits per heavy atom. The van der Waals surface area contributed by atoms with Crippen molar-refractivity contribution in [2.75, 3.05) is 6.61 Å². The standard InChI is InChI=1S/C39H53Cl3O/c1-4-5-6-7-8-9-10-11-12-13-14-15-16-17-18-19-28-43-38-30-35(29-31(2)32(38)3)39(42,33-20-24-36(40)25-21-33)34-22-26-37(41)27-23-34/h20-27,29-30H,4-19,28H2,1-3H3. The molecule has 0 unspecified atom stereocenters. The van der Waals surface area contributed by atoms with E-state index in [4.69, 9.17) is 39.5 Å². The van der Waals surface area contributed by atoms with E-state index in [1.54, 1.807) is 0 Å². The van der Waals surface area contributed by atoms with Crippen molar-refractivity contribution in [3.63, 3.8) is 0 Å². The minimum atomic E-state index is -0.903. The molecule has 0 amide bonds. The number of alkyl halides is 1. The van der Waals surface area contributed by atoms with E-state index in [9.17, 15) is 0 Å². The van der Waals surface area contributed by atoms with Crippen LogP contribution in [0.3, 0.4) is 0 Å². The molecule has 0 fully saturated rings. The van der Waals surface area contributed by atoms with E-state index in [0.29, 0.717) is 10.0 Å². The summed E-state index contributed by atoms with van der Waals surface area (Å²) in [5, 5.41) is 1.36.